The Morgan fingerprint density at radius 3 is 2.56 bits per heavy atom. The summed E-state index contributed by atoms with van der Waals surface area (Å²) in [5.41, 5.74) is 0.233. The fourth-order valence-electron chi connectivity index (χ4n) is 2.25. The van der Waals surface area contributed by atoms with E-state index in [1.54, 1.807) is 30.3 Å². The predicted molar refractivity (Wildman–Crippen MR) is 84.0 cm³/mol. The highest BCUT2D eigenvalue weighted by Gasteiger charge is 2.30. The van der Waals surface area contributed by atoms with Crippen LogP contribution in [0.1, 0.15) is 11.1 Å². The van der Waals surface area contributed by atoms with E-state index >= 15 is 0 Å². The van der Waals surface area contributed by atoms with E-state index in [1.165, 1.54) is 6.07 Å². The Bertz CT molecular complexity index is 939. The van der Waals surface area contributed by atoms with Crippen LogP contribution >= 0.6 is 0 Å². The molecule has 0 fully saturated rings. The second-order valence-electron chi connectivity index (χ2n) is 5.53. The number of aliphatic carboxylic acids is 1. The van der Waals surface area contributed by atoms with Crippen LogP contribution in [0.15, 0.2) is 48.5 Å². The van der Waals surface area contributed by atoms with Crippen LogP contribution in [-0.4, -0.2) is 26.2 Å². The number of nitrogens with zero attached hydrogens (tertiary/aromatic N) is 4. The first-order valence-electron chi connectivity index (χ1n) is 7.68. The summed E-state index contributed by atoms with van der Waals surface area (Å²) in [6.45, 7) is -0.533. The zero-order valence-corrected chi connectivity index (χ0v) is 13.7. The molecule has 0 spiro atoms. The molecule has 0 unspecified atom stereocenters. The topological polar surface area (TPSA) is 93.0 Å². The van der Waals surface area contributed by atoms with Crippen molar-refractivity contribution in [3.63, 3.8) is 0 Å². The normalized spacial score (nSPS) is 11.4. The van der Waals surface area contributed by atoms with Gasteiger partial charge in [-0.2, -0.15) is 18.0 Å². The monoisotopic (exact) mass is 377 g/mol. The minimum atomic E-state index is -4.40. The van der Waals surface area contributed by atoms with Crippen molar-refractivity contribution in [1.29, 1.82) is 0 Å². The van der Waals surface area contributed by atoms with Crippen molar-refractivity contribution in [3.8, 4) is 17.1 Å². The number of benzene rings is 2. The number of carboxylic acid groups (broad SMARTS) is 1. The molecule has 0 radical (unpaired) electrons. The number of aromatic nitrogens is 4. The van der Waals surface area contributed by atoms with Crippen molar-refractivity contribution >= 4 is 5.97 Å². The smallest absolute Gasteiger partial charge is 0.416 e. The SMILES string of the molecule is O=C([O-])Cn1nnc(-c2ccc(OCc3cccc(C(F)(F)F)c3)cc2)n1. The van der Waals surface area contributed by atoms with Gasteiger partial charge in [0, 0.05) is 5.56 Å². The number of hydrogen-bond donors (Lipinski definition) is 0. The zero-order chi connectivity index (χ0) is 19.4. The molecule has 3 rings (SSSR count). The molecule has 1 aromatic heterocycles. The van der Waals surface area contributed by atoms with Gasteiger partial charge in [0.15, 0.2) is 0 Å². The number of carbonyl (C=O) groups is 1. The molecule has 0 saturated carbocycles. The molecular formula is C17H12F3N4O3-. The van der Waals surface area contributed by atoms with Crippen LogP contribution in [0.4, 0.5) is 13.2 Å². The Balaban J connectivity index is 1.64. The summed E-state index contributed by atoms with van der Waals surface area (Å²) < 4.78 is 43.6. The summed E-state index contributed by atoms with van der Waals surface area (Å²) in [7, 11) is 0. The number of ether oxygens (including phenoxy) is 1. The van der Waals surface area contributed by atoms with Gasteiger partial charge < -0.3 is 14.6 Å². The Morgan fingerprint density at radius 1 is 1.15 bits per heavy atom. The van der Waals surface area contributed by atoms with E-state index in [1.807, 2.05) is 0 Å². The highest BCUT2D eigenvalue weighted by Crippen LogP contribution is 2.29. The molecule has 0 aliphatic rings. The van der Waals surface area contributed by atoms with Gasteiger partial charge in [0.05, 0.1) is 11.5 Å². The summed E-state index contributed by atoms with van der Waals surface area (Å²) in [6, 6.07) is 11.4. The fraction of sp³-hybridized carbons (Fsp3) is 0.176. The summed E-state index contributed by atoms with van der Waals surface area (Å²) in [6.07, 6.45) is -4.40. The summed E-state index contributed by atoms with van der Waals surface area (Å²) in [5.74, 6) is -0.670. The third-order valence-corrected chi connectivity index (χ3v) is 3.50. The second kappa shape index (κ2) is 7.44. The van der Waals surface area contributed by atoms with Crippen molar-refractivity contribution in [2.24, 2.45) is 0 Å². The van der Waals surface area contributed by atoms with Crippen LogP contribution in [0.5, 0.6) is 5.75 Å². The van der Waals surface area contributed by atoms with E-state index in [2.05, 4.69) is 15.4 Å². The van der Waals surface area contributed by atoms with Gasteiger partial charge in [-0.1, -0.05) is 12.1 Å². The predicted octanol–water partition coefficient (Wildman–Crippen LogP) is 1.69. The van der Waals surface area contributed by atoms with Crippen molar-refractivity contribution in [2.75, 3.05) is 0 Å². The standard InChI is InChI=1S/C17H13F3N4O3/c18-17(19,20)13-3-1-2-11(8-13)10-27-14-6-4-12(5-7-14)16-21-23-24(22-16)9-15(25)26/h1-8H,9-10H2,(H,25,26)/p-1. The van der Waals surface area contributed by atoms with Gasteiger partial charge in [0.1, 0.15) is 18.9 Å². The lowest BCUT2D eigenvalue weighted by Gasteiger charge is -2.10. The number of halogens is 3. The molecular weight excluding hydrogens is 365 g/mol. The number of carbonyl (C=O) groups excluding carboxylic acids is 1. The molecule has 3 aromatic rings. The Kier molecular flexibility index (Phi) is 5.06. The summed E-state index contributed by atoms with van der Waals surface area (Å²) in [5, 5.41) is 21.7. The average Bonchev–Trinajstić information content (AvgIpc) is 3.08. The maximum absolute atomic E-state index is 12.7. The molecule has 0 N–H and O–H groups in total. The third-order valence-electron chi connectivity index (χ3n) is 3.50. The van der Waals surface area contributed by atoms with Crippen LogP contribution in [0.3, 0.4) is 0 Å². The summed E-state index contributed by atoms with van der Waals surface area (Å²) >= 11 is 0. The Morgan fingerprint density at radius 2 is 1.89 bits per heavy atom. The number of tetrazole rings is 1. The molecule has 0 aliphatic heterocycles. The minimum Gasteiger partial charge on any atom is -0.548 e. The van der Waals surface area contributed by atoms with Crippen LogP contribution in [0.25, 0.3) is 11.4 Å². The highest BCUT2D eigenvalue weighted by molar-refractivity contribution is 5.63. The Labute approximate surface area is 151 Å². The quantitative estimate of drug-likeness (QED) is 0.649. The van der Waals surface area contributed by atoms with Gasteiger partial charge >= 0.3 is 6.18 Å². The van der Waals surface area contributed by atoms with Crippen molar-refractivity contribution in [2.45, 2.75) is 19.3 Å². The molecule has 0 amide bonds. The maximum atomic E-state index is 12.7. The van der Waals surface area contributed by atoms with Crippen molar-refractivity contribution in [3.05, 3.63) is 59.7 Å². The van der Waals surface area contributed by atoms with Gasteiger partial charge in [-0.15, -0.1) is 10.2 Å². The summed E-state index contributed by atoms with van der Waals surface area (Å²) in [4.78, 5) is 11.4. The van der Waals surface area contributed by atoms with Gasteiger partial charge in [-0.3, -0.25) is 0 Å². The van der Waals surface area contributed by atoms with E-state index < -0.39 is 24.3 Å². The van der Waals surface area contributed by atoms with E-state index in [9.17, 15) is 23.1 Å². The zero-order valence-electron chi connectivity index (χ0n) is 13.7. The number of hydrogen-bond acceptors (Lipinski definition) is 6. The fourth-order valence-corrected chi connectivity index (χ4v) is 2.25. The van der Waals surface area contributed by atoms with Crippen molar-refractivity contribution < 1.29 is 27.8 Å². The lowest BCUT2D eigenvalue weighted by Crippen LogP contribution is -2.28. The van der Waals surface area contributed by atoms with Crippen LogP contribution in [0.2, 0.25) is 0 Å². The van der Waals surface area contributed by atoms with Gasteiger partial charge in [0.25, 0.3) is 0 Å². The van der Waals surface area contributed by atoms with Gasteiger partial charge in [-0.25, -0.2) is 0 Å². The highest BCUT2D eigenvalue weighted by atomic mass is 19.4. The molecule has 1 heterocycles. The lowest BCUT2D eigenvalue weighted by molar-refractivity contribution is -0.307. The molecule has 2 aromatic carbocycles. The largest absolute Gasteiger partial charge is 0.548 e. The average molecular weight is 377 g/mol. The number of rotatable bonds is 6. The van der Waals surface area contributed by atoms with Gasteiger partial charge in [0.2, 0.25) is 5.82 Å². The first kappa shape index (κ1) is 18.4. The minimum absolute atomic E-state index is 0.0245. The molecule has 0 bridgehead atoms. The number of alkyl halides is 3. The third kappa shape index (κ3) is 4.81. The van der Waals surface area contributed by atoms with E-state index in [-0.39, 0.29) is 12.4 Å². The Hall–Kier alpha value is -3.43. The molecule has 140 valence electrons. The number of carboxylic acids is 1. The molecule has 10 heteroatoms. The first-order chi connectivity index (χ1) is 12.8. The lowest BCUT2D eigenvalue weighted by atomic mass is 10.1. The molecule has 27 heavy (non-hydrogen) atoms. The molecule has 7 nitrogen and oxygen atoms in total. The van der Waals surface area contributed by atoms with Crippen LogP contribution in [-0.2, 0) is 24.1 Å². The van der Waals surface area contributed by atoms with E-state index in [0.717, 1.165) is 16.9 Å². The maximum Gasteiger partial charge on any atom is 0.416 e. The van der Waals surface area contributed by atoms with Gasteiger partial charge in [-0.05, 0) is 47.2 Å². The molecule has 0 atom stereocenters. The van der Waals surface area contributed by atoms with Crippen molar-refractivity contribution in [1.82, 2.24) is 20.2 Å². The van der Waals surface area contributed by atoms with E-state index in [0.29, 0.717) is 16.9 Å². The van der Waals surface area contributed by atoms with Crippen LogP contribution < -0.4 is 9.84 Å². The first-order valence-corrected chi connectivity index (χ1v) is 7.68. The molecule has 0 saturated heterocycles. The van der Waals surface area contributed by atoms with Crippen LogP contribution in [0, 0.1) is 0 Å². The molecule has 0 aliphatic carbocycles. The second-order valence-corrected chi connectivity index (χ2v) is 5.53. The van der Waals surface area contributed by atoms with E-state index in [4.69, 9.17) is 4.74 Å².